The molecule has 2 fully saturated rings. The van der Waals surface area contributed by atoms with Crippen molar-refractivity contribution in [1.29, 1.82) is 0 Å². The van der Waals surface area contributed by atoms with Gasteiger partial charge in [-0.15, -0.1) is 0 Å². The molecule has 0 bridgehead atoms. The molecule has 1 aromatic rings. The predicted octanol–water partition coefficient (Wildman–Crippen LogP) is 4.17. The molecule has 0 saturated heterocycles. The summed E-state index contributed by atoms with van der Waals surface area (Å²) in [7, 11) is 1.67. The quantitative estimate of drug-likeness (QED) is 0.820. The Labute approximate surface area is 132 Å². The summed E-state index contributed by atoms with van der Waals surface area (Å²) < 4.78 is 11.4. The third-order valence-electron chi connectivity index (χ3n) is 4.40. The summed E-state index contributed by atoms with van der Waals surface area (Å²) in [5.74, 6) is 2.11. The number of halogens is 1. The first-order chi connectivity index (χ1) is 10.3. The van der Waals surface area contributed by atoms with E-state index in [4.69, 9.17) is 21.1 Å². The second-order valence-electron chi connectivity index (χ2n) is 6.23. The van der Waals surface area contributed by atoms with Gasteiger partial charge in [-0.2, -0.15) is 0 Å². The lowest BCUT2D eigenvalue weighted by Crippen LogP contribution is -2.15. The third kappa shape index (κ3) is 4.04. The van der Waals surface area contributed by atoms with Gasteiger partial charge in [0, 0.05) is 12.6 Å². The molecule has 3 rings (SSSR count). The first-order valence-corrected chi connectivity index (χ1v) is 8.36. The fourth-order valence-electron chi connectivity index (χ4n) is 2.94. The fourth-order valence-corrected chi connectivity index (χ4v) is 3.23. The van der Waals surface area contributed by atoms with Crippen molar-refractivity contribution in [3.05, 3.63) is 22.7 Å². The van der Waals surface area contributed by atoms with Crippen LogP contribution in [0.4, 0.5) is 0 Å². The van der Waals surface area contributed by atoms with E-state index in [0.29, 0.717) is 22.7 Å². The molecule has 0 unspecified atom stereocenters. The topological polar surface area (TPSA) is 30.5 Å². The molecule has 0 radical (unpaired) electrons. The van der Waals surface area contributed by atoms with Gasteiger partial charge < -0.3 is 14.8 Å². The molecule has 116 valence electrons. The van der Waals surface area contributed by atoms with Crippen molar-refractivity contribution in [2.45, 2.75) is 51.1 Å². The summed E-state index contributed by atoms with van der Waals surface area (Å²) in [5.41, 5.74) is 1.15. The number of nitrogens with one attached hydrogen (secondary N) is 1. The molecular formula is C17H24ClNO2. The Kier molecular flexibility index (Phi) is 4.91. The van der Waals surface area contributed by atoms with Crippen molar-refractivity contribution in [3.8, 4) is 11.5 Å². The molecule has 0 aliphatic heterocycles. The molecule has 1 aromatic carbocycles. The molecule has 0 spiro atoms. The Morgan fingerprint density at radius 1 is 1.19 bits per heavy atom. The van der Waals surface area contributed by atoms with Crippen molar-refractivity contribution in [3.63, 3.8) is 0 Å². The highest BCUT2D eigenvalue weighted by Crippen LogP contribution is 2.37. The van der Waals surface area contributed by atoms with Crippen LogP contribution in [0.3, 0.4) is 0 Å². The Bertz CT molecular complexity index is 482. The molecule has 2 aliphatic rings. The Balaban J connectivity index is 1.65. The van der Waals surface area contributed by atoms with E-state index >= 15 is 0 Å². The van der Waals surface area contributed by atoms with Crippen LogP contribution in [0.5, 0.6) is 11.5 Å². The van der Waals surface area contributed by atoms with Gasteiger partial charge in [0.15, 0.2) is 11.5 Å². The van der Waals surface area contributed by atoms with Gasteiger partial charge >= 0.3 is 0 Å². The summed E-state index contributed by atoms with van der Waals surface area (Å²) in [6.45, 7) is 1.58. The molecule has 0 atom stereocenters. The molecule has 2 aliphatic carbocycles. The lowest BCUT2D eigenvalue weighted by Gasteiger charge is -2.16. The van der Waals surface area contributed by atoms with Crippen LogP contribution in [0, 0.1) is 5.92 Å². The smallest absolute Gasteiger partial charge is 0.179 e. The van der Waals surface area contributed by atoms with E-state index in [1.807, 2.05) is 12.1 Å². The number of hydrogen-bond acceptors (Lipinski definition) is 3. The minimum atomic E-state index is 0.653. The minimum absolute atomic E-state index is 0.653. The normalized spacial score (nSPS) is 19.0. The zero-order chi connectivity index (χ0) is 14.7. The van der Waals surface area contributed by atoms with Gasteiger partial charge in [0.25, 0.3) is 0 Å². The number of ether oxygens (including phenoxy) is 2. The second kappa shape index (κ2) is 6.89. The summed E-state index contributed by atoms with van der Waals surface area (Å²) in [6.07, 6.45) is 7.75. The Morgan fingerprint density at radius 2 is 1.95 bits per heavy atom. The van der Waals surface area contributed by atoms with Crippen molar-refractivity contribution in [2.24, 2.45) is 5.92 Å². The molecule has 21 heavy (non-hydrogen) atoms. The number of methoxy groups -OCH3 is 1. The highest BCUT2D eigenvalue weighted by Gasteiger charge is 2.21. The van der Waals surface area contributed by atoms with Gasteiger partial charge in [0.2, 0.25) is 0 Å². The third-order valence-corrected chi connectivity index (χ3v) is 4.68. The first kappa shape index (κ1) is 15.0. The van der Waals surface area contributed by atoms with Crippen LogP contribution in [0.25, 0.3) is 0 Å². The van der Waals surface area contributed by atoms with E-state index in [-0.39, 0.29) is 0 Å². The molecule has 2 saturated carbocycles. The van der Waals surface area contributed by atoms with E-state index in [2.05, 4.69) is 5.32 Å². The van der Waals surface area contributed by atoms with Gasteiger partial charge in [-0.05, 0) is 49.3 Å². The average molecular weight is 310 g/mol. The van der Waals surface area contributed by atoms with E-state index in [9.17, 15) is 0 Å². The Morgan fingerprint density at radius 3 is 2.62 bits per heavy atom. The maximum Gasteiger partial charge on any atom is 0.179 e. The SMILES string of the molecule is COc1cc(CNC2CC2)cc(Cl)c1OCC1CCCC1. The molecule has 0 amide bonds. The molecule has 3 nitrogen and oxygen atoms in total. The van der Waals surface area contributed by atoms with Gasteiger partial charge in [-0.1, -0.05) is 24.4 Å². The fraction of sp³-hybridized carbons (Fsp3) is 0.647. The standard InChI is InChI=1S/C17H24ClNO2/c1-20-16-9-13(10-19-14-6-7-14)8-15(18)17(16)21-11-12-4-2-3-5-12/h8-9,12,14,19H,2-7,10-11H2,1H3. The molecule has 1 N–H and O–H groups in total. The van der Waals surface area contributed by atoms with E-state index in [0.717, 1.165) is 24.5 Å². The van der Waals surface area contributed by atoms with Crippen LogP contribution in [0.2, 0.25) is 5.02 Å². The van der Waals surface area contributed by atoms with Gasteiger partial charge in [-0.25, -0.2) is 0 Å². The van der Waals surface area contributed by atoms with Crippen LogP contribution >= 0.6 is 11.6 Å². The van der Waals surface area contributed by atoms with Crippen molar-refractivity contribution in [1.82, 2.24) is 5.32 Å². The number of hydrogen-bond donors (Lipinski definition) is 1. The molecular weight excluding hydrogens is 286 g/mol. The highest BCUT2D eigenvalue weighted by molar-refractivity contribution is 6.32. The zero-order valence-corrected chi connectivity index (χ0v) is 13.4. The van der Waals surface area contributed by atoms with Crippen LogP contribution in [-0.4, -0.2) is 19.8 Å². The summed E-state index contributed by atoms with van der Waals surface area (Å²) >= 11 is 6.40. The van der Waals surface area contributed by atoms with Gasteiger partial charge in [-0.3, -0.25) is 0 Å². The van der Waals surface area contributed by atoms with E-state index < -0.39 is 0 Å². The second-order valence-corrected chi connectivity index (χ2v) is 6.63. The van der Waals surface area contributed by atoms with Crippen LogP contribution in [0.15, 0.2) is 12.1 Å². The first-order valence-electron chi connectivity index (χ1n) is 7.99. The summed E-state index contributed by atoms with van der Waals surface area (Å²) in [5, 5.41) is 4.15. The molecule has 4 heteroatoms. The summed E-state index contributed by atoms with van der Waals surface area (Å²) in [4.78, 5) is 0. The maximum atomic E-state index is 6.40. The number of benzene rings is 1. The predicted molar refractivity (Wildman–Crippen MR) is 85.3 cm³/mol. The molecule has 0 heterocycles. The molecule has 0 aromatic heterocycles. The lowest BCUT2D eigenvalue weighted by atomic mass is 10.1. The Hall–Kier alpha value is -0.930. The minimum Gasteiger partial charge on any atom is -0.493 e. The largest absolute Gasteiger partial charge is 0.493 e. The monoisotopic (exact) mass is 309 g/mol. The van der Waals surface area contributed by atoms with E-state index in [1.165, 1.54) is 38.5 Å². The zero-order valence-electron chi connectivity index (χ0n) is 12.7. The maximum absolute atomic E-state index is 6.40. The van der Waals surface area contributed by atoms with E-state index in [1.54, 1.807) is 7.11 Å². The number of rotatable bonds is 7. The lowest BCUT2D eigenvalue weighted by molar-refractivity contribution is 0.241. The van der Waals surface area contributed by atoms with Crippen molar-refractivity contribution < 1.29 is 9.47 Å². The van der Waals surface area contributed by atoms with Crippen molar-refractivity contribution >= 4 is 11.6 Å². The van der Waals surface area contributed by atoms with Crippen LogP contribution in [-0.2, 0) is 6.54 Å². The summed E-state index contributed by atoms with van der Waals surface area (Å²) in [6, 6.07) is 4.71. The van der Waals surface area contributed by atoms with Crippen molar-refractivity contribution in [2.75, 3.05) is 13.7 Å². The average Bonchev–Trinajstić information content (AvgIpc) is 3.17. The van der Waals surface area contributed by atoms with Gasteiger partial charge in [0.05, 0.1) is 18.7 Å². The van der Waals surface area contributed by atoms with Crippen LogP contribution in [0.1, 0.15) is 44.1 Å². The van der Waals surface area contributed by atoms with Gasteiger partial charge in [0.1, 0.15) is 0 Å². The van der Waals surface area contributed by atoms with Crippen LogP contribution < -0.4 is 14.8 Å². The highest BCUT2D eigenvalue weighted by atomic mass is 35.5.